The number of benzene rings is 2. The first-order valence-electron chi connectivity index (χ1n) is 10.4. The Morgan fingerprint density at radius 3 is 2.61 bits per heavy atom. The number of nitrogens with one attached hydrogen (secondary N) is 1. The van der Waals surface area contributed by atoms with Crippen molar-refractivity contribution in [3.63, 3.8) is 0 Å². The highest BCUT2D eigenvalue weighted by atomic mass is 19.2. The molecule has 1 aromatic heterocycles. The molecule has 10 heteroatoms. The summed E-state index contributed by atoms with van der Waals surface area (Å²) in [6, 6.07) is 8.29. The molecule has 1 fully saturated rings. The van der Waals surface area contributed by atoms with Crippen LogP contribution in [-0.4, -0.2) is 45.9 Å². The first-order valence-corrected chi connectivity index (χ1v) is 10.4. The number of carbonyl (C=O) groups excluding carboxylic acids is 3. The van der Waals surface area contributed by atoms with E-state index in [0.717, 1.165) is 6.07 Å². The van der Waals surface area contributed by atoms with Gasteiger partial charge in [-0.3, -0.25) is 9.36 Å². The zero-order valence-electron chi connectivity index (χ0n) is 17.6. The van der Waals surface area contributed by atoms with Crippen LogP contribution in [0.4, 0.5) is 24.1 Å². The second kappa shape index (κ2) is 8.99. The van der Waals surface area contributed by atoms with Crippen molar-refractivity contribution in [1.29, 1.82) is 0 Å². The van der Waals surface area contributed by atoms with Crippen LogP contribution in [0.2, 0.25) is 0 Å². The molecule has 4 rings (SSSR count). The smallest absolute Gasteiger partial charge is 0.323 e. The number of aromatic nitrogens is 1. The number of Topliss-reactive ketones (excluding diaryl/α,β-unsaturated/α-hetero) is 1. The number of rotatable bonds is 5. The van der Waals surface area contributed by atoms with Gasteiger partial charge in [-0.05, 0) is 30.5 Å². The number of urea groups is 1. The zero-order chi connectivity index (χ0) is 23.7. The number of carbonyl (C=O) groups is 3. The summed E-state index contributed by atoms with van der Waals surface area (Å²) in [4.78, 5) is 39.0. The summed E-state index contributed by atoms with van der Waals surface area (Å²) in [6.07, 6.45) is 1.63. The average molecular weight is 455 g/mol. The van der Waals surface area contributed by atoms with Crippen molar-refractivity contribution < 1.29 is 23.2 Å². The number of nitrogens with two attached hydrogens (primary N) is 2. The van der Waals surface area contributed by atoms with E-state index in [2.05, 4.69) is 5.32 Å². The van der Waals surface area contributed by atoms with Gasteiger partial charge in [0.1, 0.15) is 0 Å². The number of halogens is 2. The van der Waals surface area contributed by atoms with E-state index in [1.54, 1.807) is 24.3 Å². The summed E-state index contributed by atoms with van der Waals surface area (Å²) in [7, 11) is 0. The van der Waals surface area contributed by atoms with Crippen molar-refractivity contribution in [2.75, 3.05) is 11.9 Å². The van der Waals surface area contributed by atoms with Crippen molar-refractivity contribution in [2.24, 2.45) is 11.5 Å². The molecule has 5 N–H and O–H groups in total. The minimum atomic E-state index is -0.978. The maximum absolute atomic E-state index is 13.9. The van der Waals surface area contributed by atoms with E-state index in [1.807, 2.05) is 0 Å². The number of anilines is 1. The Hall–Kier alpha value is -3.79. The number of likely N-dealkylation sites (tertiary alicyclic amines) is 1. The molecule has 3 amide bonds. The SMILES string of the molecule is NC(=O)n1cc(NC(=O)N2C[C@@H](N)C[C@H]2C(=O)CCc2cccc(F)c2F)c2ccccc21. The molecule has 172 valence electrons. The Labute approximate surface area is 188 Å². The summed E-state index contributed by atoms with van der Waals surface area (Å²) in [5.41, 5.74) is 12.4. The Morgan fingerprint density at radius 1 is 1.09 bits per heavy atom. The lowest BCUT2D eigenvalue weighted by Gasteiger charge is -2.23. The first-order chi connectivity index (χ1) is 15.8. The highest BCUT2D eigenvalue weighted by Crippen LogP contribution is 2.27. The molecule has 0 saturated carbocycles. The fraction of sp³-hybridized carbons (Fsp3) is 0.261. The van der Waals surface area contributed by atoms with Crippen LogP contribution in [-0.2, 0) is 11.2 Å². The van der Waals surface area contributed by atoms with Gasteiger partial charge < -0.3 is 21.7 Å². The van der Waals surface area contributed by atoms with Crippen LogP contribution in [0.5, 0.6) is 0 Å². The molecule has 33 heavy (non-hydrogen) atoms. The third-order valence-electron chi connectivity index (χ3n) is 5.83. The topological polar surface area (TPSA) is 123 Å². The molecular weight excluding hydrogens is 432 g/mol. The molecule has 2 heterocycles. The van der Waals surface area contributed by atoms with Crippen LogP contribution in [0.3, 0.4) is 0 Å². The van der Waals surface area contributed by atoms with Gasteiger partial charge in [0.25, 0.3) is 0 Å². The predicted molar refractivity (Wildman–Crippen MR) is 119 cm³/mol. The maximum atomic E-state index is 13.9. The van der Waals surface area contributed by atoms with Crippen molar-refractivity contribution in [2.45, 2.75) is 31.3 Å². The molecule has 0 unspecified atom stereocenters. The van der Waals surface area contributed by atoms with Crippen LogP contribution in [0.1, 0.15) is 18.4 Å². The molecule has 0 bridgehead atoms. The van der Waals surface area contributed by atoms with Crippen LogP contribution < -0.4 is 16.8 Å². The minimum absolute atomic E-state index is 0.00965. The largest absolute Gasteiger partial charge is 0.351 e. The molecule has 3 aromatic rings. The summed E-state index contributed by atoms with van der Waals surface area (Å²) in [6.45, 7) is 0.158. The Balaban J connectivity index is 1.50. The third kappa shape index (κ3) is 4.42. The molecule has 0 aliphatic carbocycles. The zero-order valence-corrected chi connectivity index (χ0v) is 17.6. The van der Waals surface area contributed by atoms with Crippen LogP contribution in [0, 0.1) is 11.6 Å². The van der Waals surface area contributed by atoms with Crippen molar-refractivity contribution in [1.82, 2.24) is 9.47 Å². The second-order valence-corrected chi connectivity index (χ2v) is 8.04. The lowest BCUT2D eigenvalue weighted by molar-refractivity contribution is -0.122. The van der Waals surface area contributed by atoms with Gasteiger partial charge in [-0.15, -0.1) is 0 Å². The monoisotopic (exact) mass is 455 g/mol. The fourth-order valence-electron chi connectivity index (χ4n) is 4.21. The Bertz CT molecular complexity index is 1240. The van der Waals surface area contributed by atoms with E-state index in [0.29, 0.717) is 16.6 Å². The lowest BCUT2D eigenvalue weighted by atomic mass is 10.0. The van der Waals surface area contributed by atoms with E-state index in [4.69, 9.17) is 11.5 Å². The molecule has 1 saturated heterocycles. The van der Waals surface area contributed by atoms with Gasteiger partial charge in [-0.1, -0.05) is 30.3 Å². The van der Waals surface area contributed by atoms with E-state index in [1.165, 1.54) is 27.8 Å². The van der Waals surface area contributed by atoms with Crippen molar-refractivity contribution >= 4 is 34.4 Å². The molecular formula is C23H23F2N5O3. The number of para-hydroxylation sites is 1. The van der Waals surface area contributed by atoms with E-state index >= 15 is 0 Å². The van der Waals surface area contributed by atoms with Gasteiger partial charge in [0.15, 0.2) is 17.4 Å². The number of fused-ring (bicyclic) bond motifs is 1. The molecule has 1 aliphatic heterocycles. The standard InChI is InChI=1S/C23H23F2N5O3/c24-16-6-3-4-13(21(16)25)8-9-20(31)19-10-14(26)11-30(19)23(33)28-17-12-29(22(27)32)18-7-2-1-5-15(17)18/h1-7,12,14,19H,8-11,26H2,(H2,27,32)(H,28,33)/t14-,19-/m0/s1. The summed E-state index contributed by atoms with van der Waals surface area (Å²) >= 11 is 0. The van der Waals surface area contributed by atoms with Crippen LogP contribution >= 0.6 is 0 Å². The van der Waals surface area contributed by atoms with Gasteiger partial charge in [0.2, 0.25) is 0 Å². The summed E-state index contributed by atoms with van der Waals surface area (Å²) in [5.74, 6) is -2.24. The third-order valence-corrected chi connectivity index (χ3v) is 5.83. The number of amides is 3. The molecule has 0 radical (unpaired) electrons. The highest BCUT2D eigenvalue weighted by molar-refractivity contribution is 6.05. The quantitative estimate of drug-likeness (QED) is 0.547. The number of primary amides is 1. The second-order valence-electron chi connectivity index (χ2n) is 8.04. The normalized spacial score (nSPS) is 18.0. The van der Waals surface area contributed by atoms with Gasteiger partial charge >= 0.3 is 12.1 Å². The minimum Gasteiger partial charge on any atom is -0.351 e. The number of nitrogens with zero attached hydrogens (tertiary/aromatic N) is 2. The Morgan fingerprint density at radius 2 is 1.85 bits per heavy atom. The predicted octanol–water partition coefficient (Wildman–Crippen LogP) is 2.98. The van der Waals surface area contributed by atoms with Crippen molar-refractivity contribution in [3.8, 4) is 0 Å². The molecule has 1 aliphatic rings. The van der Waals surface area contributed by atoms with E-state index < -0.39 is 35.8 Å². The molecule has 2 aromatic carbocycles. The van der Waals surface area contributed by atoms with Crippen LogP contribution in [0.15, 0.2) is 48.7 Å². The maximum Gasteiger partial charge on any atom is 0.323 e. The van der Waals surface area contributed by atoms with Crippen molar-refractivity contribution in [3.05, 3.63) is 65.9 Å². The highest BCUT2D eigenvalue weighted by Gasteiger charge is 2.38. The number of aryl methyl sites for hydroxylation is 1. The summed E-state index contributed by atoms with van der Waals surface area (Å²) in [5, 5.41) is 3.35. The Kier molecular flexibility index (Phi) is 6.10. The summed E-state index contributed by atoms with van der Waals surface area (Å²) < 4.78 is 28.6. The molecule has 0 spiro atoms. The van der Waals surface area contributed by atoms with Crippen LogP contribution in [0.25, 0.3) is 10.9 Å². The number of ketones is 1. The van der Waals surface area contributed by atoms with Gasteiger partial charge in [0, 0.05) is 30.6 Å². The fourth-order valence-corrected chi connectivity index (χ4v) is 4.21. The average Bonchev–Trinajstić information content (AvgIpc) is 3.36. The number of hydrogen-bond donors (Lipinski definition) is 3. The van der Waals surface area contributed by atoms with Gasteiger partial charge in [0.05, 0.1) is 17.2 Å². The first kappa shape index (κ1) is 22.4. The van der Waals surface area contributed by atoms with E-state index in [-0.39, 0.29) is 37.2 Å². The van der Waals surface area contributed by atoms with Gasteiger partial charge in [-0.2, -0.15) is 0 Å². The molecule has 8 nitrogen and oxygen atoms in total. The molecule has 2 atom stereocenters. The van der Waals surface area contributed by atoms with Gasteiger partial charge in [-0.25, -0.2) is 18.4 Å². The lowest BCUT2D eigenvalue weighted by Crippen LogP contribution is -2.43. The van der Waals surface area contributed by atoms with E-state index in [9.17, 15) is 23.2 Å². The number of hydrogen-bond acceptors (Lipinski definition) is 4.